The lowest BCUT2D eigenvalue weighted by Gasteiger charge is -2.19. The normalized spacial score (nSPS) is 13.0. The summed E-state index contributed by atoms with van der Waals surface area (Å²) >= 11 is 0. The number of benzene rings is 3. The zero-order valence-electron chi connectivity index (χ0n) is 17.2. The topological polar surface area (TPSA) is 75.7 Å². The zero-order valence-corrected chi connectivity index (χ0v) is 18.1. The number of amides is 1. The van der Waals surface area contributed by atoms with Crippen molar-refractivity contribution in [2.24, 2.45) is 0 Å². The summed E-state index contributed by atoms with van der Waals surface area (Å²) in [6, 6.07) is 21.3. The average molecular weight is 437 g/mol. The van der Waals surface area contributed by atoms with Crippen LogP contribution in [-0.2, 0) is 27.7 Å². The fourth-order valence-electron chi connectivity index (χ4n) is 3.68. The Morgan fingerprint density at radius 1 is 1.00 bits per heavy atom. The number of carbonyl (C=O) groups is 1. The van der Waals surface area contributed by atoms with Crippen molar-refractivity contribution in [3.05, 3.63) is 83.9 Å². The molecule has 1 N–H and O–H groups in total. The third-order valence-corrected chi connectivity index (χ3v) is 7.13. The van der Waals surface area contributed by atoms with Crippen LogP contribution in [0.2, 0.25) is 0 Å². The first kappa shape index (κ1) is 20.9. The van der Waals surface area contributed by atoms with Gasteiger partial charge in [0.2, 0.25) is 0 Å². The SMILES string of the molecule is CCc1ccccc1NC(=O)COc1ccc(S(=O)(=O)N2CCc3ccccc32)cc1. The van der Waals surface area contributed by atoms with Gasteiger partial charge in [-0.3, -0.25) is 9.10 Å². The number of para-hydroxylation sites is 2. The average Bonchev–Trinajstić information content (AvgIpc) is 3.23. The van der Waals surface area contributed by atoms with Crippen molar-refractivity contribution < 1.29 is 17.9 Å². The minimum atomic E-state index is -3.65. The van der Waals surface area contributed by atoms with Crippen LogP contribution in [0.1, 0.15) is 18.1 Å². The standard InChI is InChI=1S/C24H24N2O4S/c1-2-18-7-3-5-9-22(18)25-24(27)17-30-20-11-13-21(14-12-20)31(28,29)26-16-15-19-8-4-6-10-23(19)26/h3-14H,2,15-17H2,1H3,(H,25,27). The molecule has 6 nitrogen and oxygen atoms in total. The largest absolute Gasteiger partial charge is 0.484 e. The summed E-state index contributed by atoms with van der Waals surface area (Å²) in [6.45, 7) is 2.29. The lowest BCUT2D eigenvalue weighted by molar-refractivity contribution is -0.118. The third-order valence-electron chi connectivity index (χ3n) is 5.30. The number of anilines is 2. The van der Waals surface area contributed by atoms with E-state index in [1.54, 1.807) is 12.1 Å². The molecule has 4 rings (SSSR count). The van der Waals surface area contributed by atoms with Crippen molar-refractivity contribution in [2.75, 3.05) is 22.8 Å². The quantitative estimate of drug-likeness (QED) is 0.607. The van der Waals surface area contributed by atoms with E-state index in [0.29, 0.717) is 18.7 Å². The van der Waals surface area contributed by atoms with Crippen molar-refractivity contribution in [1.82, 2.24) is 0 Å². The van der Waals surface area contributed by atoms with E-state index in [9.17, 15) is 13.2 Å². The van der Waals surface area contributed by atoms with Crippen LogP contribution >= 0.6 is 0 Å². The van der Waals surface area contributed by atoms with Crippen molar-refractivity contribution in [3.63, 3.8) is 0 Å². The molecule has 0 bridgehead atoms. The summed E-state index contributed by atoms with van der Waals surface area (Å²) in [7, 11) is -3.65. The van der Waals surface area contributed by atoms with Crippen molar-refractivity contribution in [3.8, 4) is 5.75 Å². The molecule has 0 saturated heterocycles. The van der Waals surface area contributed by atoms with Crippen LogP contribution < -0.4 is 14.4 Å². The first-order valence-electron chi connectivity index (χ1n) is 10.2. The summed E-state index contributed by atoms with van der Waals surface area (Å²) in [5, 5.41) is 2.85. The molecule has 3 aromatic carbocycles. The van der Waals surface area contributed by atoms with E-state index >= 15 is 0 Å². The maximum absolute atomic E-state index is 13.1. The van der Waals surface area contributed by atoms with Gasteiger partial charge in [-0.25, -0.2) is 8.42 Å². The molecule has 0 aliphatic carbocycles. The molecule has 0 spiro atoms. The Morgan fingerprint density at radius 2 is 1.71 bits per heavy atom. The maximum atomic E-state index is 13.1. The highest BCUT2D eigenvalue weighted by molar-refractivity contribution is 7.92. The molecule has 7 heteroatoms. The molecule has 0 saturated carbocycles. The molecule has 3 aromatic rings. The number of sulfonamides is 1. The first-order valence-corrected chi connectivity index (χ1v) is 11.6. The number of aryl methyl sites for hydroxylation is 1. The Morgan fingerprint density at radius 3 is 2.48 bits per heavy atom. The second-order valence-corrected chi connectivity index (χ2v) is 9.14. The summed E-state index contributed by atoms with van der Waals surface area (Å²) in [6.07, 6.45) is 1.52. The second-order valence-electron chi connectivity index (χ2n) is 7.27. The van der Waals surface area contributed by atoms with Crippen LogP contribution in [0.5, 0.6) is 5.75 Å². The lowest BCUT2D eigenvalue weighted by Crippen LogP contribution is -2.29. The highest BCUT2D eigenvalue weighted by Crippen LogP contribution is 2.33. The summed E-state index contributed by atoms with van der Waals surface area (Å²) in [5.74, 6) is 0.158. The monoisotopic (exact) mass is 436 g/mol. The number of rotatable bonds is 7. The molecule has 0 unspecified atom stereocenters. The van der Waals surface area contributed by atoms with Gasteiger partial charge in [0.05, 0.1) is 10.6 Å². The zero-order chi connectivity index (χ0) is 21.8. The second kappa shape index (κ2) is 8.81. The van der Waals surface area contributed by atoms with E-state index in [0.717, 1.165) is 28.9 Å². The van der Waals surface area contributed by atoms with Gasteiger partial charge in [0.25, 0.3) is 15.9 Å². The molecule has 1 aliphatic rings. The van der Waals surface area contributed by atoms with Gasteiger partial charge in [-0.05, 0) is 60.4 Å². The summed E-state index contributed by atoms with van der Waals surface area (Å²) in [5.41, 5.74) is 3.58. The van der Waals surface area contributed by atoms with E-state index in [2.05, 4.69) is 5.32 Å². The number of hydrogen-bond acceptors (Lipinski definition) is 4. The molecule has 0 atom stereocenters. The number of nitrogens with zero attached hydrogens (tertiary/aromatic N) is 1. The van der Waals surface area contributed by atoms with Crippen LogP contribution in [0.15, 0.2) is 77.7 Å². The van der Waals surface area contributed by atoms with Crippen LogP contribution in [0, 0.1) is 0 Å². The molecule has 1 aliphatic heterocycles. The maximum Gasteiger partial charge on any atom is 0.264 e. The van der Waals surface area contributed by atoms with E-state index in [-0.39, 0.29) is 17.4 Å². The predicted octanol–water partition coefficient (Wildman–Crippen LogP) is 4.02. The molecule has 1 heterocycles. The predicted molar refractivity (Wildman–Crippen MR) is 121 cm³/mol. The number of ether oxygens (including phenoxy) is 1. The number of nitrogens with one attached hydrogen (secondary N) is 1. The van der Waals surface area contributed by atoms with Gasteiger partial charge in [-0.2, -0.15) is 0 Å². The summed E-state index contributed by atoms with van der Waals surface area (Å²) < 4.78 is 33.1. The molecule has 0 aromatic heterocycles. The molecular formula is C24H24N2O4S. The minimum Gasteiger partial charge on any atom is -0.484 e. The van der Waals surface area contributed by atoms with Gasteiger partial charge in [0, 0.05) is 12.2 Å². The minimum absolute atomic E-state index is 0.163. The van der Waals surface area contributed by atoms with E-state index in [1.165, 1.54) is 16.4 Å². The molecule has 1 amide bonds. The van der Waals surface area contributed by atoms with Gasteiger partial charge in [-0.1, -0.05) is 43.3 Å². The highest BCUT2D eigenvalue weighted by atomic mass is 32.2. The molecule has 0 radical (unpaired) electrons. The van der Waals surface area contributed by atoms with Crippen LogP contribution in [0.25, 0.3) is 0 Å². The van der Waals surface area contributed by atoms with Crippen molar-refractivity contribution in [1.29, 1.82) is 0 Å². The Kier molecular flexibility index (Phi) is 5.95. The van der Waals surface area contributed by atoms with Crippen molar-refractivity contribution in [2.45, 2.75) is 24.7 Å². The first-order chi connectivity index (χ1) is 15.0. The van der Waals surface area contributed by atoms with Gasteiger partial charge in [0.15, 0.2) is 6.61 Å². The third kappa shape index (κ3) is 4.41. The van der Waals surface area contributed by atoms with E-state index in [4.69, 9.17) is 4.74 Å². The number of carbonyl (C=O) groups excluding carboxylic acids is 1. The molecule has 31 heavy (non-hydrogen) atoms. The molecule has 160 valence electrons. The molecule has 0 fully saturated rings. The van der Waals surface area contributed by atoms with Gasteiger partial charge < -0.3 is 10.1 Å². The lowest BCUT2D eigenvalue weighted by atomic mass is 10.1. The number of fused-ring (bicyclic) bond motifs is 1. The summed E-state index contributed by atoms with van der Waals surface area (Å²) in [4.78, 5) is 12.4. The van der Waals surface area contributed by atoms with Gasteiger partial charge in [0.1, 0.15) is 5.75 Å². The van der Waals surface area contributed by atoms with E-state index in [1.807, 2.05) is 55.5 Å². The Balaban J connectivity index is 1.40. The fraction of sp³-hybridized carbons (Fsp3) is 0.208. The fourth-order valence-corrected chi connectivity index (χ4v) is 5.18. The van der Waals surface area contributed by atoms with Crippen LogP contribution in [0.3, 0.4) is 0 Å². The number of hydrogen-bond donors (Lipinski definition) is 1. The Bertz CT molecular complexity index is 1190. The van der Waals surface area contributed by atoms with Crippen LogP contribution in [0.4, 0.5) is 11.4 Å². The van der Waals surface area contributed by atoms with Crippen LogP contribution in [-0.4, -0.2) is 27.5 Å². The Labute approximate surface area is 182 Å². The molecular weight excluding hydrogens is 412 g/mol. The van der Waals surface area contributed by atoms with E-state index < -0.39 is 10.0 Å². The highest BCUT2D eigenvalue weighted by Gasteiger charge is 2.30. The Hall–Kier alpha value is -3.32. The van der Waals surface area contributed by atoms with Crippen molar-refractivity contribution >= 4 is 27.3 Å². The smallest absolute Gasteiger partial charge is 0.264 e. The van der Waals surface area contributed by atoms with Gasteiger partial charge in [-0.15, -0.1) is 0 Å². The van der Waals surface area contributed by atoms with Gasteiger partial charge >= 0.3 is 0 Å².